The molecule has 0 aromatic heterocycles. The number of carbonyl (C=O) groups excluding carboxylic acids is 2. The number of fused-ring (bicyclic) bond motifs is 2. The number of hydrogen-bond acceptors (Lipinski definition) is 4. The predicted octanol–water partition coefficient (Wildman–Crippen LogP) is 4.06. The Morgan fingerprint density at radius 1 is 0.906 bits per heavy atom. The third-order valence-corrected chi connectivity index (χ3v) is 6.20. The highest BCUT2D eigenvalue weighted by Crippen LogP contribution is 2.33. The van der Waals surface area contributed by atoms with Crippen molar-refractivity contribution in [1.29, 1.82) is 0 Å². The van der Waals surface area contributed by atoms with Crippen molar-refractivity contribution >= 4 is 34.0 Å². The monoisotopic (exact) mass is 429 g/mol. The maximum Gasteiger partial charge on any atom is 0.265 e. The number of nitrogens with zero attached hydrogens (tertiary/aromatic N) is 2. The van der Waals surface area contributed by atoms with Gasteiger partial charge in [-0.3, -0.25) is 9.59 Å². The van der Waals surface area contributed by atoms with Gasteiger partial charge in [-0.05, 0) is 42.8 Å². The summed E-state index contributed by atoms with van der Waals surface area (Å²) in [6, 6.07) is 21.5. The van der Waals surface area contributed by atoms with Crippen LogP contribution >= 0.6 is 0 Å². The Balaban J connectivity index is 1.34. The second kappa shape index (κ2) is 8.91. The number of nitrogens with one attached hydrogen (secondary N) is 1. The number of likely N-dealkylation sites (tertiary alicyclic amines) is 1. The molecule has 5 rings (SSSR count). The minimum absolute atomic E-state index is 0.0127. The lowest BCUT2D eigenvalue weighted by Gasteiger charge is -2.38. The van der Waals surface area contributed by atoms with Gasteiger partial charge in [0.1, 0.15) is 5.75 Å². The molecule has 3 aromatic rings. The number of rotatable bonds is 4. The van der Waals surface area contributed by atoms with Gasteiger partial charge in [-0.25, -0.2) is 0 Å². The van der Waals surface area contributed by atoms with Gasteiger partial charge in [-0.1, -0.05) is 48.5 Å². The number of benzene rings is 3. The minimum atomic E-state index is -0.603. The van der Waals surface area contributed by atoms with Crippen molar-refractivity contribution in [3.05, 3.63) is 66.7 Å². The van der Waals surface area contributed by atoms with Crippen molar-refractivity contribution < 1.29 is 14.3 Å². The van der Waals surface area contributed by atoms with E-state index < -0.39 is 6.10 Å². The summed E-state index contributed by atoms with van der Waals surface area (Å²) in [5.74, 6) is 0.535. The van der Waals surface area contributed by atoms with Crippen LogP contribution in [0.3, 0.4) is 0 Å². The zero-order valence-electron chi connectivity index (χ0n) is 18.0. The second-order valence-corrected chi connectivity index (χ2v) is 8.42. The van der Waals surface area contributed by atoms with E-state index in [0.717, 1.165) is 48.1 Å². The lowest BCUT2D eigenvalue weighted by Crippen LogP contribution is -2.52. The number of ether oxygens (including phenoxy) is 1. The molecule has 1 saturated heterocycles. The van der Waals surface area contributed by atoms with Crippen LogP contribution in [0.15, 0.2) is 66.7 Å². The maximum absolute atomic E-state index is 13.1. The third kappa shape index (κ3) is 4.13. The first-order chi connectivity index (χ1) is 15.7. The van der Waals surface area contributed by atoms with Gasteiger partial charge in [0, 0.05) is 24.2 Å². The number of amides is 2. The molecule has 0 saturated carbocycles. The number of piperidine rings is 1. The fourth-order valence-electron chi connectivity index (χ4n) is 4.60. The molecule has 2 aliphatic heterocycles. The van der Waals surface area contributed by atoms with Gasteiger partial charge in [-0.2, -0.15) is 0 Å². The van der Waals surface area contributed by atoms with Gasteiger partial charge in [0.2, 0.25) is 5.91 Å². The van der Waals surface area contributed by atoms with Crippen LogP contribution in [0.4, 0.5) is 11.4 Å². The Morgan fingerprint density at radius 2 is 1.66 bits per heavy atom. The highest BCUT2D eigenvalue weighted by atomic mass is 16.5. The molecule has 1 atom stereocenters. The molecule has 6 heteroatoms. The Bertz CT molecular complexity index is 1130. The topological polar surface area (TPSA) is 61.9 Å². The van der Waals surface area contributed by atoms with E-state index in [1.807, 2.05) is 76.5 Å². The molecule has 0 aliphatic carbocycles. The highest BCUT2D eigenvalue weighted by Gasteiger charge is 2.34. The van der Waals surface area contributed by atoms with Crippen LogP contribution in [-0.4, -0.2) is 49.0 Å². The number of para-hydroxylation sites is 2. The quantitative estimate of drug-likeness (QED) is 0.680. The highest BCUT2D eigenvalue weighted by molar-refractivity contribution is 6.03. The van der Waals surface area contributed by atoms with Crippen LogP contribution in [0.25, 0.3) is 10.8 Å². The van der Waals surface area contributed by atoms with Crippen molar-refractivity contribution in [2.24, 2.45) is 0 Å². The van der Waals surface area contributed by atoms with Crippen molar-refractivity contribution in [3.8, 4) is 5.75 Å². The van der Waals surface area contributed by atoms with E-state index in [9.17, 15) is 9.59 Å². The van der Waals surface area contributed by atoms with Crippen molar-refractivity contribution in [2.75, 3.05) is 36.4 Å². The van der Waals surface area contributed by atoms with Crippen LogP contribution < -0.4 is 15.0 Å². The molecular weight excluding hydrogens is 402 g/mol. The molecule has 32 heavy (non-hydrogen) atoms. The largest absolute Gasteiger partial charge is 0.477 e. The zero-order chi connectivity index (χ0) is 21.9. The van der Waals surface area contributed by atoms with E-state index in [2.05, 4.69) is 5.32 Å². The van der Waals surface area contributed by atoms with Crippen molar-refractivity contribution in [2.45, 2.75) is 25.4 Å². The number of carbonyl (C=O) groups is 2. The lowest BCUT2D eigenvalue weighted by atomic mass is 10.1. The van der Waals surface area contributed by atoms with Crippen LogP contribution in [0, 0.1) is 0 Å². The molecule has 0 spiro atoms. The Kier molecular flexibility index (Phi) is 5.67. The summed E-state index contributed by atoms with van der Waals surface area (Å²) in [6.45, 7) is 2.06. The van der Waals surface area contributed by atoms with Gasteiger partial charge in [-0.15, -0.1) is 0 Å². The van der Waals surface area contributed by atoms with Gasteiger partial charge in [0.15, 0.2) is 6.10 Å². The molecule has 6 nitrogen and oxygen atoms in total. The van der Waals surface area contributed by atoms with Crippen molar-refractivity contribution in [1.82, 2.24) is 4.90 Å². The van der Waals surface area contributed by atoms with E-state index in [1.54, 1.807) is 0 Å². The average Bonchev–Trinajstić information content (AvgIpc) is 2.84. The van der Waals surface area contributed by atoms with E-state index in [4.69, 9.17) is 4.74 Å². The minimum Gasteiger partial charge on any atom is -0.477 e. The molecule has 2 aliphatic rings. The Morgan fingerprint density at radius 3 is 2.53 bits per heavy atom. The van der Waals surface area contributed by atoms with Crippen LogP contribution in [-0.2, 0) is 9.59 Å². The first kappa shape index (κ1) is 20.4. The lowest BCUT2D eigenvalue weighted by molar-refractivity contribution is -0.139. The summed E-state index contributed by atoms with van der Waals surface area (Å²) in [5, 5.41) is 5.14. The summed E-state index contributed by atoms with van der Waals surface area (Å²) < 4.78 is 6.07. The summed E-state index contributed by atoms with van der Waals surface area (Å²) >= 11 is 0. The standard InChI is InChI=1S/C26H27N3O3/c30-25(27-21-12-8-10-19-9-2-3-11-20(19)21)18-29-17-24(26(31)28-15-6-1-7-16-28)32-23-14-5-4-13-22(23)29/h2-5,8-14,24H,1,6-7,15-18H2,(H,27,30). The second-order valence-electron chi connectivity index (χ2n) is 8.42. The van der Waals surface area contributed by atoms with Gasteiger partial charge >= 0.3 is 0 Å². The summed E-state index contributed by atoms with van der Waals surface area (Å²) in [7, 11) is 0. The SMILES string of the molecule is O=C(CN1CC(C(=O)N2CCCCC2)Oc2ccccc21)Nc1cccc2ccccc12. The van der Waals surface area contributed by atoms with Crippen LogP contribution in [0.2, 0.25) is 0 Å². The van der Waals surface area contributed by atoms with E-state index in [-0.39, 0.29) is 18.4 Å². The first-order valence-electron chi connectivity index (χ1n) is 11.3. The molecule has 1 unspecified atom stereocenters. The average molecular weight is 430 g/mol. The fraction of sp³-hybridized carbons (Fsp3) is 0.308. The van der Waals surface area contributed by atoms with E-state index in [0.29, 0.717) is 12.3 Å². The Labute approximate surface area is 187 Å². The smallest absolute Gasteiger partial charge is 0.265 e. The summed E-state index contributed by atoms with van der Waals surface area (Å²) in [4.78, 5) is 30.0. The zero-order valence-corrected chi connectivity index (χ0v) is 18.0. The predicted molar refractivity (Wildman–Crippen MR) is 126 cm³/mol. The van der Waals surface area contributed by atoms with Gasteiger partial charge in [0.25, 0.3) is 5.91 Å². The third-order valence-electron chi connectivity index (χ3n) is 6.20. The molecular formula is C26H27N3O3. The van der Waals surface area contributed by atoms with E-state index in [1.165, 1.54) is 6.42 Å². The molecule has 1 N–H and O–H groups in total. The van der Waals surface area contributed by atoms with E-state index >= 15 is 0 Å². The fourth-order valence-corrected chi connectivity index (χ4v) is 4.60. The number of anilines is 2. The Hall–Kier alpha value is -3.54. The molecule has 3 aromatic carbocycles. The first-order valence-corrected chi connectivity index (χ1v) is 11.3. The summed E-state index contributed by atoms with van der Waals surface area (Å²) in [6.07, 6.45) is 2.63. The van der Waals surface area contributed by atoms with Gasteiger partial charge < -0.3 is 19.9 Å². The molecule has 2 amide bonds. The molecule has 0 bridgehead atoms. The number of hydrogen-bond donors (Lipinski definition) is 1. The molecule has 1 fully saturated rings. The molecule has 0 radical (unpaired) electrons. The molecule has 2 heterocycles. The van der Waals surface area contributed by atoms with Gasteiger partial charge in [0.05, 0.1) is 18.8 Å². The van der Waals surface area contributed by atoms with Crippen LogP contribution in [0.1, 0.15) is 19.3 Å². The maximum atomic E-state index is 13.1. The summed E-state index contributed by atoms with van der Waals surface area (Å²) in [5.41, 5.74) is 1.62. The van der Waals surface area contributed by atoms with Crippen molar-refractivity contribution in [3.63, 3.8) is 0 Å². The normalized spacial score (nSPS) is 18.1. The van der Waals surface area contributed by atoms with Crippen LogP contribution in [0.5, 0.6) is 5.75 Å². The molecule has 164 valence electrons.